The summed E-state index contributed by atoms with van der Waals surface area (Å²) in [4.78, 5) is 0. The summed E-state index contributed by atoms with van der Waals surface area (Å²) in [6.45, 7) is 4.89. The third kappa shape index (κ3) is 4.56. The summed E-state index contributed by atoms with van der Waals surface area (Å²) < 4.78 is 5.19. The van der Waals surface area contributed by atoms with Gasteiger partial charge in [0.05, 0.1) is 6.61 Å². The zero-order valence-electron chi connectivity index (χ0n) is 10.3. The molecule has 3 heteroatoms. The minimum Gasteiger partial charge on any atom is -0.380 e. The van der Waals surface area contributed by atoms with Crippen LogP contribution in [0.1, 0.15) is 18.1 Å². The molecule has 0 spiro atoms. The van der Waals surface area contributed by atoms with Crippen LogP contribution in [0.5, 0.6) is 0 Å². The maximum atomic E-state index is 5.19. The van der Waals surface area contributed by atoms with Crippen molar-refractivity contribution in [2.45, 2.75) is 25.3 Å². The summed E-state index contributed by atoms with van der Waals surface area (Å²) >= 11 is 1.89. The van der Waals surface area contributed by atoms with E-state index in [1.54, 1.807) is 7.11 Å². The van der Waals surface area contributed by atoms with Crippen molar-refractivity contribution in [3.05, 3.63) is 35.4 Å². The number of benzene rings is 1. The predicted molar refractivity (Wildman–Crippen MR) is 71.8 cm³/mol. The number of hydrogen-bond donors (Lipinski definition) is 1. The molecule has 1 aromatic carbocycles. The molecule has 0 saturated heterocycles. The quantitative estimate of drug-likeness (QED) is 0.790. The Hall–Kier alpha value is -0.510. The Morgan fingerprint density at radius 1 is 1.31 bits per heavy atom. The standard InChI is InChI=1S/C13H21NOS/c1-11(16-3)8-14-9-12-6-4-5-7-13(12)10-15-2/h4-7,11,14H,8-10H2,1-3H3. The molecule has 1 aromatic rings. The summed E-state index contributed by atoms with van der Waals surface area (Å²) in [7, 11) is 1.74. The number of rotatable bonds is 7. The van der Waals surface area contributed by atoms with Gasteiger partial charge in [-0.15, -0.1) is 0 Å². The highest BCUT2D eigenvalue weighted by molar-refractivity contribution is 7.99. The molecule has 90 valence electrons. The molecule has 0 heterocycles. The molecule has 0 radical (unpaired) electrons. The largest absolute Gasteiger partial charge is 0.380 e. The Morgan fingerprint density at radius 2 is 2.00 bits per heavy atom. The first-order chi connectivity index (χ1) is 7.77. The van der Waals surface area contributed by atoms with E-state index in [1.165, 1.54) is 11.1 Å². The molecular weight excluding hydrogens is 218 g/mol. The van der Waals surface area contributed by atoms with Gasteiger partial charge >= 0.3 is 0 Å². The van der Waals surface area contributed by atoms with Crippen molar-refractivity contribution in [3.63, 3.8) is 0 Å². The van der Waals surface area contributed by atoms with Gasteiger partial charge in [0.1, 0.15) is 0 Å². The maximum absolute atomic E-state index is 5.19. The average Bonchev–Trinajstić information content (AvgIpc) is 2.31. The van der Waals surface area contributed by atoms with Crippen molar-refractivity contribution < 1.29 is 4.74 Å². The van der Waals surface area contributed by atoms with Gasteiger partial charge in [-0.2, -0.15) is 11.8 Å². The van der Waals surface area contributed by atoms with Crippen molar-refractivity contribution in [2.24, 2.45) is 0 Å². The molecule has 0 bridgehead atoms. The molecule has 0 fully saturated rings. The Labute approximate surface area is 103 Å². The molecular formula is C13H21NOS. The van der Waals surface area contributed by atoms with Crippen LogP contribution in [0.3, 0.4) is 0 Å². The lowest BCUT2D eigenvalue weighted by Crippen LogP contribution is -2.22. The highest BCUT2D eigenvalue weighted by Crippen LogP contribution is 2.10. The van der Waals surface area contributed by atoms with Crippen LogP contribution in [0.2, 0.25) is 0 Å². The Balaban J connectivity index is 2.46. The lowest BCUT2D eigenvalue weighted by atomic mass is 10.1. The van der Waals surface area contributed by atoms with Gasteiger partial charge in [0.2, 0.25) is 0 Å². The van der Waals surface area contributed by atoms with Gasteiger partial charge in [0.25, 0.3) is 0 Å². The van der Waals surface area contributed by atoms with Crippen LogP contribution in [-0.2, 0) is 17.9 Å². The molecule has 2 nitrogen and oxygen atoms in total. The normalized spacial score (nSPS) is 12.7. The molecule has 0 aliphatic carbocycles. The van der Waals surface area contributed by atoms with Crippen molar-refractivity contribution in [1.82, 2.24) is 5.32 Å². The fraction of sp³-hybridized carbons (Fsp3) is 0.538. The van der Waals surface area contributed by atoms with Gasteiger partial charge in [0.15, 0.2) is 0 Å². The number of nitrogens with one attached hydrogen (secondary N) is 1. The molecule has 0 aromatic heterocycles. The molecule has 16 heavy (non-hydrogen) atoms. The highest BCUT2D eigenvalue weighted by atomic mass is 32.2. The molecule has 1 unspecified atom stereocenters. The molecule has 0 aliphatic heterocycles. The smallest absolute Gasteiger partial charge is 0.0716 e. The van der Waals surface area contributed by atoms with E-state index in [9.17, 15) is 0 Å². The second-order valence-corrected chi connectivity index (χ2v) is 5.16. The molecule has 0 saturated carbocycles. The highest BCUT2D eigenvalue weighted by Gasteiger charge is 2.02. The van der Waals surface area contributed by atoms with Crippen LogP contribution >= 0.6 is 11.8 Å². The Morgan fingerprint density at radius 3 is 2.62 bits per heavy atom. The van der Waals surface area contributed by atoms with E-state index in [2.05, 4.69) is 42.8 Å². The summed E-state index contributed by atoms with van der Waals surface area (Å²) in [5, 5.41) is 4.14. The molecule has 0 amide bonds. The van der Waals surface area contributed by atoms with E-state index < -0.39 is 0 Å². The number of hydrogen-bond acceptors (Lipinski definition) is 3. The third-order valence-electron chi connectivity index (χ3n) is 2.57. The predicted octanol–water partition coefficient (Wildman–Crippen LogP) is 2.67. The third-order valence-corrected chi connectivity index (χ3v) is 3.54. The van der Waals surface area contributed by atoms with Gasteiger partial charge in [-0.3, -0.25) is 0 Å². The van der Waals surface area contributed by atoms with E-state index in [4.69, 9.17) is 4.74 Å². The first-order valence-electron chi connectivity index (χ1n) is 5.57. The zero-order chi connectivity index (χ0) is 11.8. The van der Waals surface area contributed by atoms with E-state index in [-0.39, 0.29) is 0 Å². The van der Waals surface area contributed by atoms with E-state index in [0.29, 0.717) is 11.9 Å². The lowest BCUT2D eigenvalue weighted by Gasteiger charge is -2.12. The average molecular weight is 239 g/mol. The second-order valence-electron chi connectivity index (χ2n) is 3.88. The number of thioether (sulfide) groups is 1. The maximum Gasteiger partial charge on any atom is 0.0716 e. The first kappa shape index (κ1) is 13.6. The lowest BCUT2D eigenvalue weighted by molar-refractivity contribution is 0.184. The van der Waals surface area contributed by atoms with Gasteiger partial charge in [-0.1, -0.05) is 31.2 Å². The molecule has 1 N–H and O–H groups in total. The first-order valence-corrected chi connectivity index (χ1v) is 6.86. The Kier molecular flexibility index (Phi) is 6.53. The fourth-order valence-electron chi connectivity index (χ4n) is 1.52. The van der Waals surface area contributed by atoms with Crippen molar-refractivity contribution >= 4 is 11.8 Å². The topological polar surface area (TPSA) is 21.3 Å². The minimum atomic E-state index is 0.662. The molecule has 1 atom stereocenters. The molecule has 0 aliphatic rings. The van der Waals surface area contributed by atoms with Gasteiger partial charge in [-0.05, 0) is 17.4 Å². The van der Waals surface area contributed by atoms with Gasteiger partial charge < -0.3 is 10.1 Å². The van der Waals surface area contributed by atoms with Crippen molar-refractivity contribution in [2.75, 3.05) is 19.9 Å². The molecule has 1 rings (SSSR count). The van der Waals surface area contributed by atoms with Crippen molar-refractivity contribution in [1.29, 1.82) is 0 Å². The van der Waals surface area contributed by atoms with Crippen LogP contribution in [0.15, 0.2) is 24.3 Å². The van der Waals surface area contributed by atoms with Gasteiger partial charge in [0, 0.05) is 25.4 Å². The van der Waals surface area contributed by atoms with E-state index in [1.807, 2.05) is 11.8 Å². The zero-order valence-corrected chi connectivity index (χ0v) is 11.1. The van der Waals surface area contributed by atoms with Crippen LogP contribution in [0.4, 0.5) is 0 Å². The SMILES string of the molecule is COCc1ccccc1CNCC(C)SC. The number of methoxy groups -OCH3 is 1. The summed E-state index contributed by atoms with van der Waals surface area (Å²) in [6, 6.07) is 8.42. The van der Waals surface area contributed by atoms with Crippen molar-refractivity contribution in [3.8, 4) is 0 Å². The fourth-order valence-corrected chi connectivity index (χ4v) is 1.80. The minimum absolute atomic E-state index is 0.662. The van der Waals surface area contributed by atoms with Crippen LogP contribution < -0.4 is 5.32 Å². The van der Waals surface area contributed by atoms with E-state index in [0.717, 1.165) is 13.1 Å². The second kappa shape index (κ2) is 7.71. The summed E-state index contributed by atoms with van der Waals surface area (Å²) in [5.41, 5.74) is 2.60. The van der Waals surface area contributed by atoms with Gasteiger partial charge in [-0.25, -0.2) is 0 Å². The van der Waals surface area contributed by atoms with Crippen LogP contribution in [0.25, 0.3) is 0 Å². The van der Waals surface area contributed by atoms with E-state index >= 15 is 0 Å². The summed E-state index contributed by atoms with van der Waals surface area (Å²) in [5.74, 6) is 0. The van der Waals surface area contributed by atoms with Crippen LogP contribution in [-0.4, -0.2) is 25.2 Å². The summed E-state index contributed by atoms with van der Waals surface area (Å²) in [6.07, 6.45) is 2.14. The monoisotopic (exact) mass is 239 g/mol. The Bertz CT molecular complexity index is 304. The number of ether oxygens (including phenoxy) is 1. The van der Waals surface area contributed by atoms with Crippen LogP contribution in [0, 0.1) is 0 Å².